The molecule has 0 spiro atoms. The van der Waals surface area contributed by atoms with E-state index in [1.54, 1.807) is 4.68 Å². The molecule has 86 valence electrons. The van der Waals surface area contributed by atoms with Gasteiger partial charge in [0.05, 0.1) is 23.9 Å². The van der Waals surface area contributed by atoms with E-state index in [1.165, 1.54) is 0 Å². The van der Waals surface area contributed by atoms with Crippen molar-refractivity contribution in [2.24, 2.45) is 0 Å². The van der Waals surface area contributed by atoms with E-state index < -0.39 is 0 Å². The summed E-state index contributed by atoms with van der Waals surface area (Å²) in [6, 6.07) is 9.52. The average molecular weight is 311 g/mol. The Morgan fingerprint density at radius 3 is 2.65 bits per heavy atom. The van der Waals surface area contributed by atoms with E-state index in [0.717, 1.165) is 21.5 Å². The van der Waals surface area contributed by atoms with E-state index in [2.05, 4.69) is 27.1 Å². The predicted molar refractivity (Wildman–Crippen MR) is 70.3 cm³/mol. The van der Waals surface area contributed by atoms with Crippen molar-refractivity contribution in [3.63, 3.8) is 0 Å². The van der Waals surface area contributed by atoms with Crippen molar-refractivity contribution in [2.75, 3.05) is 0 Å². The zero-order valence-corrected chi connectivity index (χ0v) is 11.5. The van der Waals surface area contributed by atoms with Gasteiger partial charge in [-0.05, 0) is 47.1 Å². The summed E-state index contributed by atoms with van der Waals surface area (Å²) in [5, 5.41) is 13.8. The molecule has 1 aromatic carbocycles. The van der Waals surface area contributed by atoms with Crippen LogP contribution in [0.2, 0.25) is 5.02 Å². The lowest BCUT2D eigenvalue weighted by molar-refractivity contribution is 0.845. The van der Waals surface area contributed by atoms with Crippen LogP contribution in [0.1, 0.15) is 11.3 Å². The topological polar surface area (TPSA) is 41.6 Å². The minimum atomic E-state index is 0.347. The van der Waals surface area contributed by atoms with E-state index in [9.17, 15) is 0 Å². The molecule has 0 radical (unpaired) electrons. The molecule has 0 amide bonds. The van der Waals surface area contributed by atoms with Crippen molar-refractivity contribution in [1.29, 1.82) is 5.26 Å². The van der Waals surface area contributed by atoms with Crippen LogP contribution < -0.4 is 0 Å². The number of rotatable bonds is 2. The maximum absolute atomic E-state index is 8.76. The second-order valence-electron chi connectivity index (χ2n) is 3.58. The minimum Gasteiger partial charge on any atom is -0.226 e. The van der Waals surface area contributed by atoms with Crippen molar-refractivity contribution in [3.8, 4) is 11.8 Å². The third kappa shape index (κ3) is 2.36. The molecule has 0 saturated carbocycles. The van der Waals surface area contributed by atoms with Gasteiger partial charge in [-0.25, -0.2) is 4.68 Å². The molecule has 2 rings (SSSR count). The highest BCUT2D eigenvalue weighted by Gasteiger charge is 2.13. The van der Waals surface area contributed by atoms with Crippen molar-refractivity contribution >= 4 is 27.5 Å². The molecular formula is C12H9BrClN3. The molecule has 0 fully saturated rings. The molecule has 3 nitrogen and oxygen atoms in total. The normalized spacial score (nSPS) is 10.2. The summed E-state index contributed by atoms with van der Waals surface area (Å²) in [4.78, 5) is 0. The van der Waals surface area contributed by atoms with E-state index in [4.69, 9.17) is 16.9 Å². The van der Waals surface area contributed by atoms with Crippen LogP contribution in [0.3, 0.4) is 0 Å². The van der Waals surface area contributed by atoms with E-state index >= 15 is 0 Å². The number of hydrogen-bond donors (Lipinski definition) is 0. The van der Waals surface area contributed by atoms with Gasteiger partial charge in [0.2, 0.25) is 0 Å². The standard InChI is InChI=1S/C12H9BrClN3/c1-8-11(6-7-15)12(13)17(16-8)10-4-2-9(14)3-5-10/h2-5H,6H2,1H3. The zero-order chi connectivity index (χ0) is 12.4. The highest BCUT2D eigenvalue weighted by Crippen LogP contribution is 2.24. The molecule has 2 aromatic rings. The molecular weight excluding hydrogens is 302 g/mol. The monoisotopic (exact) mass is 309 g/mol. The van der Waals surface area contributed by atoms with Crippen molar-refractivity contribution in [1.82, 2.24) is 9.78 Å². The van der Waals surface area contributed by atoms with E-state index in [0.29, 0.717) is 11.4 Å². The zero-order valence-electron chi connectivity index (χ0n) is 9.11. The van der Waals surface area contributed by atoms with Gasteiger partial charge < -0.3 is 0 Å². The number of nitriles is 1. The van der Waals surface area contributed by atoms with Gasteiger partial charge in [0, 0.05) is 10.6 Å². The molecule has 0 N–H and O–H groups in total. The lowest BCUT2D eigenvalue weighted by Crippen LogP contribution is -1.96. The van der Waals surface area contributed by atoms with Gasteiger partial charge in [0.15, 0.2) is 0 Å². The van der Waals surface area contributed by atoms with Crippen LogP contribution in [0, 0.1) is 18.3 Å². The maximum Gasteiger partial charge on any atom is 0.114 e. The fourth-order valence-electron chi connectivity index (χ4n) is 1.56. The van der Waals surface area contributed by atoms with Gasteiger partial charge >= 0.3 is 0 Å². The summed E-state index contributed by atoms with van der Waals surface area (Å²) < 4.78 is 2.58. The van der Waals surface area contributed by atoms with E-state index in [-0.39, 0.29) is 0 Å². The Morgan fingerprint density at radius 1 is 1.41 bits per heavy atom. The highest BCUT2D eigenvalue weighted by atomic mass is 79.9. The smallest absolute Gasteiger partial charge is 0.114 e. The first-order valence-corrected chi connectivity index (χ1v) is 6.17. The SMILES string of the molecule is Cc1nn(-c2ccc(Cl)cc2)c(Br)c1CC#N. The molecule has 0 saturated heterocycles. The van der Waals surface area contributed by atoms with Crippen LogP contribution in [0.4, 0.5) is 0 Å². The fraction of sp³-hybridized carbons (Fsp3) is 0.167. The third-order valence-corrected chi connectivity index (χ3v) is 3.52. The molecule has 17 heavy (non-hydrogen) atoms. The molecule has 1 aromatic heterocycles. The fourth-order valence-corrected chi connectivity index (χ4v) is 2.40. The minimum absolute atomic E-state index is 0.347. The summed E-state index contributed by atoms with van der Waals surface area (Å²) in [6.45, 7) is 1.89. The Labute approximate surface area is 113 Å². The lowest BCUT2D eigenvalue weighted by atomic mass is 10.2. The molecule has 0 aliphatic rings. The van der Waals surface area contributed by atoms with Crippen LogP contribution in [-0.2, 0) is 6.42 Å². The second kappa shape index (κ2) is 4.91. The number of aryl methyl sites for hydroxylation is 1. The second-order valence-corrected chi connectivity index (χ2v) is 4.77. The molecule has 5 heteroatoms. The molecule has 1 heterocycles. The van der Waals surface area contributed by atoms with Crippen molar-refractivity contribution in [2.45, 2.75) is 13.3 Å². The van der Waals surface area contributed by atoms with Crippen molar-refractivity contribution < 1.29 is 0 Å². The predicted octanol–water partition coefficient (Wildman–Crippen LogP) is 3.66. The highest BCUT2D eigenvalue weighted by molar-refractivity contribution is 9.10. The summed E-state index contributed by atoms with van der Waals surface area (Å²) in [5.41, 5.74) is 2.68. The molecule has 0 aliphatic carbocycles. The quantitative estimate of drug-likeness (QED) is 0.849. The Hall–Kier alpha value is -1.31. The Balaban J connectivity index is 2.50. The largest absolute Gasteiger partial charge is 0.226 e. The first kappa shape index (κ1) is 12.2. The maximum atomic E-state index is 8.76. The number of benzene rings is 1. The lowest BCUT2D eigenvalue weighted by Gasteiger charge is -2.03. The number of nitrogens with zero attached hydrogens (tertiary/aromatic N) is 3. The van der Waals surface area contributed by atoms with Crippen LogP contribution in [-0.4, -0.2) is 9.78 Å². The summed E-state index contributed by atoms with van der Waals surface area (Å²) in [6.07, 6.45) is 0.347. The van der Waals surface area contributed by atoms with Gasteiger partial charge in [-0.1, -0.05) is 11.6 Å². The molecule has 0 atom stereocenters. The van der Waals surface area contributed by atoms with Crippen LogP contribution >= 0.6 is 27.5 Å². The Morgan fingerprint density at radius 2 is 2.06 bits per heavy atom. The van der Waals surface area contributed by atoms with Gasteiger partial charge in [0.25, 0.3) is 0 Å². The molecule has 0 aliphatic heterocycles. The average Bonchev–Trinajstić information content (AvgIpc) is 2.59. The van der Waals surface area contributed by atoms with Gasteiger partial charge in [-0.3, -0.25) is 0 Å². The number of aromatic nitrogens is 2. The number of hydrogen-bond acceptors (Lipinski definition) is 2. The van der Waals surface area contributed by atoms with Crippen LogP contribution in [0.25, 0.3) is 5.69 Å². The summed E-state index contributed by atoms with van der Waals surface area (Å²) >= 11 is 9.32. The van der Waals surface area contributed by atoms with Crippen LogP contribution in [0.15, 0.2) is 28.9 Å². The molecule has 0 bridgehead atoms. The van der Waals surface area contributed by atoms with Gasteiger partial charge in [-0.2, -0.15) is 10.4 Å². The number of halogens is 2. The van der Waals surface area contributed by atoms with Gasteiger partial charge in [-0.15, -0.1) is 0 Å². The Bertz CT molecular complexity index is 581. The summed E-state index contributed by atoms with van der Waals surface area (Å²) in [5.74, 6) is 0. The van der Waals surface area contributed by atoms with E-state index in [1.807, 2.05) is 31.2 Å². The third-order valence-electron chi connectivity index (χ3n) is 2.45. The summed E-state index contributed by atoms with van der Waals surface area (Å²) in [7, 11) is 0. The first-order valence-electron chi connectivity index (χ1n) is 5.00. The molecule has 0 unspecified atom stereocenters. The Kier molecular flexibility index (Phi) is 3.51. The first-order chi connectivity index (χ1) is 8.13. The van der Waals surface area contributed by atoms with Gasteiger partial charge in [0.1, 0.15) is 4.60 Å². The van der Waals surface area contributed by atoms with Crippen LogP contribution in [0.5, 0.6) is 0 Å². The van der Waals surface area contributed by atoms with Crippen molar-refractivity contribution in [3.05, 3.63) is 45.1 Å².